The van der Waals surface area contributed by atoms with Gasteiger partial charge in [0.15, 0.2) is 0 Å². The Kier molecular flexibility index (Phi) is 3.54. The SMILES string of the molecule is C/C(=C/B(O)O)c1ccccc1Cl. The van der Waals surface area contributed by atoms with Gasteiger partial charge in [0.2, 0.25) is 0 Å². The molecule has 0 unspecified atom stereocenters. The van der Waals surface area contributed by atoms with Crippen LogP contribution in [-0.4, -0.2) is 17.2 Å². The lowest BCUT2D eigenvalue weighted by Crippen LogP contribution is -2.06. The highest BCUT2D eigenvalue weighted by Gasteiger charge is 2.05. The van der Waals surface area contributed by atoms with Crippen molar-refractivity contribution in [2.45, 2.75) is 6.92 Å². The van der Waals surface area contributed by atoms with Gasteiger partial charge in [0.25, 0.3) is 0 Å². The normalized spacial score (nSPS) is 11.5. The number of hydrogen-bond acceptors (Lipinski definition) is 2. The average Bonchev–Trinajstić information content (AvgIpc) is 2.03. The molecule has 0 fully saturated rings. The van der Waals surface area contributed by atoms with Crippen molar-refractivity contribution in [3.63, 3.8) is 0 Å². The highest BCUT2D eigenvalue weighted by atomic mass is 35.5. The molecule has 0 saturated carbocycles. The highest BCUT2D eigenvalue weighted by Crippen LogP contribution is 2.22. The number of benzene rings is 1. The summed E-state index contributed by atoms with van der Waals surface area (Å²) < 4.78 is 0. The standard InChI is InChI=1S/C9H10BClO2/c1-7(6-10(12)13)8-4-2-3-5-9(8)11/h2-6,12-13H,1H3/b7-6-. The molecule has 0 aliphatic carbocycles. The maximum Gasteiger partial charge on any atom is 0.480 e. The molecule has 0 spiro atoms. The van der Waals surface area contributed by atoms with Crippen LogP contribution in [0.2, 0.25) is 5.02 Å². The number of hydrogen-bond donors (Lipinski definition) is 2. The van der Waals surface area contributed by atoms with Crippen molar-refractivity contribution >= 4 is 24.3 Å². The van der Waals surface area contributed by atoms with Crippen molar-refractivity contribution in [1.82, 2.24) is 0 Å². The Labute approximate surface area is 82.6 Å². The number of halogens is 1. The summed E-state index contributed by atoms with van der Waals surface area (Å²) in [5, 5.41) is 18.0. The molecular weight excluding hydrogens is 186 g/mol. The molecule has 4 heteroatoms. The third-order valence-corrected chi connectivity index (χ3v) is 2.03. The van der Waals surface area contributed by atoms with Gasteiger partial charge in [0.05, 0.1) is 0 Å². The molecule has 0 amide bonds. The molecule has 0 bridgehead atoms. The second kappa shape index (κ2) is 4.47. The van der Waals surface area contributed by atoms with Gasteiger partial charge in [-0.3, -0.25) is 0 Å². The quantitative estimate of drug-likeness (QED) is 0.708. The van der Waals surface area contributed by atoms with Crippen LogP contribution in [0.15, 0.2) is 30.2 Å². The summed E-state index contributed by atoms with van der Waals surface area (Å²) in [5.74, 6) is 1.33. The predicted molar refractivity (Wildman–Crippen MR) is 55.3 cm³/mol. The van der Waals surface area contributed by atoms with Crippen LogP contribution in [0.25, 0.3) is 5.57 Å². The maximum absolute atomic E-state index is 8.71. The van der Waals surface area contributed by atoms with Crippen LogP contribution in [0.5, 0.6) is 0 Å². The molecule has 2 N–H and O–H groups in total. The van der Waals surface area contributed by atoms with Crippen molar-refractivity contribution in [2.75, 3.05) is 0 Å². The van der Waals surface area contributed by atoms with Crippen molar-refractivity contribution in [3.8, 4) is 0 Å². The Bertz CT molecular complexity index is 323. The first kappa shape index (κ1) is 10.3. The van der Waals surface area contributed by atoms with Crippen LogP contribution in [0.3, 0.4) is 0 Å². The molecular formula is C9H10BClO2. The first-order valence-electron chi connectivity index (χ1n) is 3.90. The van der Waals surface area contributed by atoms with Gasteiger partial charge < -0.3 is 10.0 Å². The molecule has 1 aromatic carbocycles. The lowest BCUT2D eigenvalue weighted by atomic mass is 9.87. The molecule has 1 aromatic rings. The van der Waals surface area contributed by atoms with E-state index in [1.165, 1.54) is 5.98 Å². The van der Waals surface area contributed by atoms with E-state index in [-0.39, 0.29) is 0 Å². The van der Waals surface area contributed by atoms with Gasteiger partial charge in [-0.2, -0.15) is 0 Å². The Morgan fingerprint density at radius 3 is 2.54 bits per heavy atom. The van der Waals surface area contributed by atoms with Crippen LogP contribution in [0.4, 0.5) is 0 Å². The van der Waals surface area contributed by atoms with Gasteiger partial charge >= 0.3 is 7.12 Å². The molecule has 68 valence electrons. The lowest BCUT2D eigenvalue weighted by Gasteiger charge is -2.03. The van der Waals surface area contributed by atoms with Gasteiger partial charge in [-0.1, -0.05) is 35.8 Å². The van der Waals surface area contributed by atoms with E-state index >= 15 is 0 Å². The van der Waals surface area contributed by atoms with Crippen LogP contribution in [0.1, 0.15) is 12.5 Å². The molecule has 0 atom stereocenters. The average molecular weight is 196 g/mol. The van der Waals surface area contributed by atoms with Gasteiger partial charge in [-0.25, -0.2) is 0 Å². The summed E-state index contributed by atoms with van der Waals surface area (Å²) in [6, 6.07) is 7.27. The Hall–Kier alpha value is -0.765. The lowest BCUT2D eigenvalue weighted by molar-refractivity contribution is 0.424. The second-order valence-corrected chi connectivity index (χ2v) is 3.15. The minimum atomic E-state index is -1.43. The van der Waals surface area contributed by atoms with E-state index < -0.39 is 7.12 Å². The predicted octanol–water partition coefficient (Wildman–Crippen LogP) is 1.76. The van der Waals surface area contributed by atoms with E-state index in [0.29, 0.717) is 5.02 Å². The van der Waals surface area contributed by atoms with Crippen molar-refractivity contribution in [2.24, 2.45) is 0 Å². The zero-order chi connectivity index (χ0) is 9.84. The van der Waals surface area contributed by atoms with Crippen molar-refractivity contribution in [3.05, 3.63) is 40.8 Å². The van der Waals surface area contributed by atoms with Crippen LogP contribution < -0.4 is 0 Å². The van der Waals surface area contributed by atoms with E-state index in [2.05, 4.69) is 0 Å². The molecule has 0 aromatic heterocycles. The molecule has 13 heavy (non-hydrogen) atoms. The molecule has 1 rings (SSSR count). The van der Waals surface area contributed by atoms with E-state index in [9.17, 15) is 0 Å². The van der Waals surface area contributed by atoms with Crippen LogP contribution >= 0.6 is 11.6 Å². The van der Waals surface area contributed by atoms with E-state index in [1.54, 1.807) is 13.0 Å². The molecule has 0 saturated heterocycles. The maximum atomic E-state index is 8.71. The fraction of sp³-hybridized carbons (Fsp3) is 0.111. The topological polar surface area (TPSA) is 40.5 Å². The summed E-state index contributed by atoms with van der Waals surface area (Å²) in [7, 11) is -1.43. The van der Waals surface area contributed by atoms with Gasteiger partial charge in [0.1, 0.15) is 0 Å². The minimum Gasteiger partial charge on any atom is -0.424 e. The van der Waals surface area contributed by atoms with Crippen LogP contribution in [0, 0.1) is 0 Å². The second-order valence-electron chi connectivity index (χ2n) is 2.74. The molecule has 0 aliphatic heterocycles. The van der Waals surface area contributed by atoms with Crippen molar-refractivity contribution in [1.29, 1.82) is 0 Å². The smallest absolute Gasteiger partial charge is 0.424 e. The Morgan fingerprint density at radius 2 is 2.00 bits per heavy atom. The zero-order valence-corrected chi connectivity index (χ0v) is 7.99. The van der Waals surface area contributed by atoms with E-state index in [1.807, 2.05) is 18.2 Å². The summed E-state index contributed by atoms with van der Waals surface area (Å²) in [6.45, 7) is 1.78. The monoisotopic (exact) mass is 196 g/mol. The molecule has 0 aliphatic rings. The summed E-state index contributed by atoms with van der Waals surface area (Å²) >= 11 is 5.90. The Balaban J connectivity index is 3.02. The molecule has 2 nitrogen and oxygen atoms in total. The fourth-order valence-electron chi connectivity index (χ4n) is 1.09. The largest absolute Gasteiger partial charge is 0.480 e. The van der Waals surface area contributed by atoms with Gasteiger partial charge in [-0.05, 0) is 24.1 Å². The summed E-state index contributed by atoms with van der Waals surface area (Å²) in [6.07, 6.45) is 0. The summed E-state index contributed by atoms with van der Waals surface area (Å²) in [5.41, 5.74) is 1.57. The van der Waals surface area contributed by atoms with Gasteiger partial charge in [0, 0.05) is 5.02 Å². The molecule has 0 heterocycles. The minimum absolute atomic E-state index is 0.608. The molecule has 0 radical (unpaired) electrons. The van der Waals surface area contributed by atoms with E-state index in [0.717, 1.165) is 11.1 Å². The number of allylic oxidation sites excluding steroid dienone is 1. The van der Waals surface area contributed by atoms with E-state index in [4.69, 9.17) is 21.6 Å². The first-order valence-corrected chi connectivity index (χ1v) is 4.28. The van der Waals surface area contributed by atoms with Crippen LogP contribution in [-0.2, 0) is 0 Å². The Morgan fingerprint density at radius 1 is 1.38 bits per heavy atom. The fourth-order valence-corrected chi connectivity index (χ4v) is 1.38. The highest BCUT2D eigenvalue weighted by molar-refractivity contribution is 6.49. The van der Waals surface area contributed by atoms with Gasteiger partial charge in [-0.15, -0.1) is 0 Å². The zero-order valence-electron chi connectivity index (χ0n) is 7.24. The third-order valence-electron chi connectivity index (χ3n) is 1.70. The van der Waals surface area contributed by atoms with Crippen molar-refractivity contribution < 1.29 is 10.0 Å². The third kappa shape index (κ3) is 2.88. The number of rotatable bonds is 2. The first-order chi connectivity index (χ1) is 6.11. The summed E-state index contributed by atoms with van der Waals surface area (Å²) in [4.78, 5) is 0.